The van der Waals surface area contributed by atoms with Crippen LogP contribution >= 0.6 is 0 Å². The van der Waals surface area contributed by atoms with Gasteiger partial charge in [0, 0.05) is 12.0 Å². The molecule has 0 radical (unpaired) electrons. The molecule has 0 aliphatic carbocycles. The Kier molecular flexibility index (Phi) is 4.58. The quantitative estimate of drug-likeness (QED) is 0.494. The summed E-state index contributed by atoms with van der Waals surface area (Å²) in [7, 11) is 0. The number of rotatable bonds is 3. The van der Waals surface area contributed by atoms with Crippen LogP contribution in [0, 0.1) is 11.8 Å². The van der Waals surface area contributed by atoms with Crippen molar-refractivity contribution in [3.63, 3.8) is 0 Å². The van der Waals surface area contributed by atoms with Crippen molar-refractivity contribution in [2.75, 3.05) is 0 Å². The summed E-state index contributed by atoms with van der Waals surface area (Å²) in [5, 5.41) is 0. The van der Waals surface area contributed by atoms with E-state index in [1.54, 1.807) is 0 Å². The predicted octanol–water partition coefficient (Wildman–Crippen LogP) is 3.87. The fraction of sp³-hybridized carbons (Fsp3) is 0.286. The number of unbranched alkanes of at least 4 members (excludes halogenated alkanes) is 2. The Hall–Kier alpha value is -1.48. The van der Waals surface area contributed by atoms with Crippen molar-refractivity contribution in [3.8, 4) is 11.8 Å². The molecule has 0 aromatic heterocycles. The first kappa shape index (κ1) is 10.6. The lowest BCUT2D eigenvalue weighted by molar-refractivity contribution is 0.828. The van der Waals surface area contributed by atoms with Crippen LogP contribution in [0.15, 0.2) is 30.8 Å². The van der Waals surface area contributed by atoms with Crippen molar-refractivity contribution in [2.24, 2.45) is 0 Å². The third-order valence-corrected chi connectivity index (χ3v) is 2.06. The van der Waals surface area contributed by atoms with E-state index in [1.807, 2.05) is 30.3 Å². The van der Waals surface area contributed by atoms with Gasteiger partial charge in [-0.15, -0.1) is 0 Å². The van der Waals surface area contributed by atoms with Crippen LogP contribution in [0.1, 0.15) is 37.3 Å². The zero-order valence-electron chi connectivity index (χ0n) is 8.72. The molecule has 0 saturated heterocycles. The maximum absolute atomic E-state index is 3.77. The monoisotopic (exact) mass is 184 g/mol. The second kappa shape index (κ2) is 6.05. The maximum atomic E-state index is 3.77. The Morgan fingerprint density at radius 3 is 2.86 bits per heavy atom. The van der Waals surface area contributed by atoms with Crippen LogP contribution in [0.3, 0.4) is 0 Å². The smallest absolute Gasteiger partial charge is 0.0317 e. The van der Waals surface area contributed by atoms with Crippen molar-refractivity contribution in [1.29, 1.82) is 0 Å². The van der Waals surface area contributed by atoms with E-state index >= 15 is 0 Å². The van der Waals surface area contributed by atoms with Gasteiger partial charge in [-0.2, -0.15) is 0 Å². The Labute approximate surface area is 86.7 Å². The van der Waals surface area contributed by atoms with Crippen LogP contribution < -0.4 is 0 Å². The average molecular weight is 184 g/mol. The van der Waals surface area contributed by atoms with Gasteiger partial charge in [-0.05, 0) is 18.1 Å². The summed E-state index contributed by atoms with van der Waals surface area (Å²) in [6.45, 7) is 5.95. The Balaban J connectivity index is 2.73. The predicted molar refractivity (Wildman–Crippen MR) is 62.9 cm³/mol. The van der Waals surface area contributed by atoms with Gasteiger partial charge < -0.3 is 0 Å². The minimum Gasteiger partial charge on any atom is -0.0984 e. The molecular weight excluding hydrogens is 168 g/mol. The molecule has 0 unspecified atom stereocenters. The zero-order valence-corrected chi connectivity index (χ0v) is 8.72. The molecule has 0 bridgehead atoms. The van der Waals surface area contributed by atoms with E-state index in [1.165, 1.54) is 12.8 Å². The van der Waals surface area contributed by atoms with Gasteiger partial charge in [-0.3, -0.25) is 0 Å². The molecule has 14 heavy (non-hydrogen) atoms. The molecule has 0 fully saturated rings. The molecule has 1 rings (SSSR count). The van der Waals surface area contributed by atoms with E-state index in [9.17, 15) is 0 Å². The zero-order chi connectivity index (χ0) is 10.2. The van der Waals surface area contributed by atoms with Gasteiger partial charge in [0.05, 0.1) is 0 Å². The van der Waals surface area contributed by atoms with Crippen LogP contribution in [-0.4, -0.2) is 0 Å². The summed E-state index contributed by atoms with van der Waals surface area (Å²) in [4.78, 5) is 0. The lowest BCUT2D eigenvalue weighted by atomic mass is 10.1. The molecule has 0 aliphatic heterocycles. The molecule has 1 aromatic rings. The van der Waals surface area contributed by atoms with E-state index in [-0.39, 0.29) is 0 Å². The first-order valence-corrected chi connectivity index (χ1v) is 5.08. The lowest BCUT2D eigenvalue weighted by Gasteiger charge is -1.95. The van der Waals surface area contributed by atoms with Gasteiger partial charge in [0.2, 0.25) is 0 Å². The molecule has 72 valence electrons. The largest absolute Gasteiger partial charge is 0.0984 e. The van der Waals surface area contributed by atoms with Crippen molar-refractivity contribution >= 4 is 6.08 Å². The topological polar surface area (TPSA) is 0 Å². The highest BCUT2D eigenvalue weighted by atomic mass is 13.9. The first-order chi connectivity index (χ1) is 6.88. The summed E-state index contributed by atoms with van der Waals surface area (Å²) < 4.78 is 0. The molecule has 0 N–H and O–H groups in total. The number of hydrogen-bond donors (Lipinski definition) is 0. The molecule has 0 amide bonds. The van der Waals surface area contributed by atoms with Crippen molar-refractivity contribution in [1.82, 2.24) is 0 Å². The fourth-order valence-electron chi connectivity index (χ4n) is 1.21. The molecule has 0 spiro atoms. The van der Waals surface area contributed by atoms with Crippen LogP contribution in [0.2, 0.25) is 0 Å². The normalized spacial score (nSPS) is 8.93. The molecular formula is C14H16. The van der Waals surface area contributed by atoms with Crippen LogP contribution in [0.4, 0.5) is 0 Å². The van der Waals surface area contributed by atoms with Crippen LogP contribution in [-0.2, 0) is 0 Å². The van der Waals surface area contributed by atoms with Crippen molar-refractivity contribution < 1.29 is 0 Å². The van der Waals surface area contributed by atoms with Gasteiger partial charge in [0.15, 0.2) is 0 Å². The highest BCUT2D eigenvalue weighted by Gasteiger charge is 1.91. The summed E-state index contributed by atoms with van der Waals surface area (Å²) in [6.07, 6.45) is 5.23. The van der Waals surface area contributed by atoms with E-state index in [4.69, 9.17) is 0 Å². The molecule has 0 heterocycles. The Morgan fingerprint density at radius 2 is 2.14 bits per heavy atom. The van der Waals surface area contributed by atoms with Gasteiger partial charge in [0.25, 0.3) is 0 Å². The van der Waals surface area contributed by atoms with E-state index < -0.39 is 0 Å². The third-order valence-electron chi connectivity index (χ3n) is 2.06. The molecule has 0 nitrogen and oxygen atoms in total. The summed E-state index contributed by atoms with van der Waals surface area (Å²) in [6, 6.07) is 8.10. The van der Waals surface area contributed by atoms with Gasteiger partial charge in [0.1, 0.15) is 0 Å². The van der Waals surface area contributed by atoms with Crippen LogP contribution in [0.25, 0.3) is 6.08 Å². The molecule has 0 saturated carbocycles. The van der Waals surface area contributed by atoms with Crippen LogP contribution in [0.5, 0.6) is 0 Å². The summed E-state index contributed by atoms with van der Waals surface area (Å²) in [5.74, 6) is 6.36. The van der Waals surface area contributed by atoms with E-state index in [0.29, 0.717) is 0 Å². The Bertz CT molecular complexity index is 350. The summed E-state index contributed by atoms with van der Waals surface area (Å²) >= 11 is 0. The molecule has 0 aliphatic rings. The van der Waals surface area contributed by atoms with Gasteiger partial charge in [-0.1, -0.05) is 56.0 Å². The van der Waals surface area contributed by atoms with E-state index in [2.05, 4.69) is 25.3 Å². The van der Waals surface area contributed by atoms with Crippen molar-refractivity contribution in [2.45, 2.75) is 26.2 Å². The van der Waals surface area contributed by atoms with Gasteiger partial charge >= 0.3 is 0 Å². The van der Waals surface area contributed by atoms with E-state index in [0.717, 1.165) is 17.5 Å². The lowest BCUT2D eigenvalue weighted by Crippen LogP contribution is -1.80. The first-order valence-electron chi connectivity index (χ1n) is 5.08. The highest BCUT2D eigenvalue weighted by molar-refractivity contribution is 5.57. The minimum absolute atomic E-state index is 0.988. The second-order valence-corrected chi connectivity index (χ2v) is 3.20. The fourth-order valence-corrected chi connectivity index (χ4v) is 1.21. The molecule has 0 atom stereocenters. The van der Waals surface area contributed by atoms with Crippen molar-refractivity contribution in [3.05, 3.63) is 42.0 Å². The Morgan fingerprint density at radius 1 is 1.36 bits per heavy atom. The molecule has 1 aromatic carbocycles. The van der Waals surface area contributed by atoms with Gasteiger partial charge in [-0.25, -0.2) is 0 Å². The summed E-state index contributed by atoms with van der Waals surface area (Å²) in [5.41, 5.74) is 2.20. The highest BCUT2D eigenvalue weighted by Crippen LogP contribution is 2.08. The molecule has 0 heteroatoms. The SMILES string of the molecule is C=Cc1ccccc1C#CCCCC. The number of benzene rings is 1. The second-order valence-electron chi connectivity index (χ2n) is 3.20. The number of hydrogen-bond acceptors (Lipinski definition) is 0. The maximum Gasteiger partial charge on any atom is 0.0317 e. The minimum atomic E-state index is 0.988. The average Bonchev–Trinajstić information content (AvgIpc) is 2.25. The third kappa shape index (κ3) is 3.11. The standard InChI is InChI=1S/C14H16/c1-3-5-6-7-11-14-12-9-8-10-13(14)4-2/h4,8-10,12H,2-3,5-6H2,1H3.